The Hall–Kier alpha value is -0.970. The Bertz CT molecular complexity index is 239. The summed E-state index contributed by atoms with van der Waals surface area (Å²) in [6, 6.07) is 2.26. The molecule has 0 unspecified atom stereocenters. The molecule has 66 valence electrons. The second-order valence-electron chi connectivity index (χ2n) is 3.60. The minimum atomic E-state index is -0.443. The summed E-state index contributed by atoms with van der Waals surface area (Å²) in [5.41, 5.74) is 0.880. The summed E-state index contributed by atoms with van der Waals surface area (Å²) in [6.45, 7) is 6.42. The van der Waals surface area contributed by atoms with Gasteiger partial charge in [0.2, 0.25) is 0 Å². The highest BCUT2D eigenvalue weighted by Gasteiger charge is 2.31. The van der Waals surface area contributed by atoms with Crippen LogP contribution in [0.15, 0.2) is 11.3 Å². The lowest BCUT2D eigenvalue weighted by Crippen LogP contribution is -2.14. The predicted octanol–water partition coefficient (Wildman–Crippen LogP) is 2.62. The Morgan fingerprint density at radius 3 is 2.50 bits per heavy atom. The summed E-state index contributed by atoms with van der Waals surface area (Å²) in [7, 11) is 0. The highest BCUT2D eigenvalue weighted by atomic mass is 16.5. The molecule has 0 radical (unpaired) electrons. The first kappa shape index (κ1) is 9.12. The summed E-state index contributed by atoms with van der Waals surface area (Å²) >= 11 is 0. The maximum Gasteiger partial charge on any atom is 0.115 e. The minimum absolute atomic E-state index is 0.443. The van der Waals surface area contributed by atoms with E-state index in [9.17, 15) is 0 Å². The SMILES string of the molecule is CCOC(=C1CC1)C(C)(C)C#N. The number of rotatable bonds is 3. The van der Waals surface area contributed by atoms with Gasteiger partial charge in [-0.15, -0.1) is 0 Å². The smallest absolute Gasteiger partial charge is 0.115 e. The van der Waals surface area contributed by atoms with Crippen molar-refractivity contribution in [3.63, 3.8) is 0 Å². The summed E-state index contributed by atoms with van der Waals surface area (Å²) in [5, 5.41) is 8.90. The fourth-order valence-corrected chi connectivity index (χ4v) is 1.21. The molecule has 0 spiro atoms. The Balaban J connectivity index is 2.82. The van der Waals surface area contributed by atoms with Gasteiger partial charge in [-0.25, -0.2) is 0 Å². The largest absolute Gasteiger partial charge is 0.497 e. The molecule has 0 heterocycles. The average Bonchev–Trinajstić information content (AvgIpc) is 2.83. The molecule has 0 amide bonds. The first-order valence-corrected chi connectivity index (χ1v) is 4.38. The molecule has 1 rings (SSSR count). The van der Waals surface area contributed by atoms with Crippen LogP contribution in [0.25, 0.3) is 0 Å². The van der Waals surface area contributed by atoms with Gasteiger partial charge in [-0.1, -0.05) is 0 Å². The molecule has 0 atom stereocenters. The van der Waals surface area contributed by atoms with Crippen LogP contribution >= 0.6 is 0 Å². The van der Waals surface area contributed by atoms with Crippen LogP contribution in [0.3, 0.4) is 0 Å². The van der Waals surface area contributed by atoms with E-state index in [2.05, 4.69) is 6.07 Å². The van der Waals surface area contributed by atoms with Crippen molar-refractivity contribution in [3.05, 3.63) is 11.3 Å². The van der Waals surface area contributed by atoms with Gasteiger partial charge in [-0.05, 0) is 39.2 Å². The van der Waals surface area contributed by atoms with E-state index < -0.39 is 5.41 Å². The van der Waals surface area contributed by atoms with E-state index in [0.29, 0.717) is 6.61 Å². The first-order valence-electron chi connectivity index (χ1n) is 4.38. The van der Waals surface area contributed by atoms with Crippen molar-refractivity contribution in [3.8, 4) is 6.07 Å². The van der Waals surface area contributed by atoms with Crippen LogP contribution in [0, 0.1) is 16.7 Å². The lowest BCUT2D eigenvalue weighted by atomic mass is 9.92. The molecule has 2 heteroatoms. The van der Waals surface area contributed by atoms with Crippen molar-refractivity contribution in [2.75, 3.05) is 6.61 Å². The van der Waals surface area contributed by atoms with Gasteiger partial charge in [-0.2, -0.15) is 5.26 Å². The summed E-state index contributed by atoms with van der Waals surface area (Å²) in [6.07, 6.45) is 2.22. The molecule has 1 saturated carbocycles. The lowest BCUT2D eigenvalue weighted by Gasteiger charge is -2.19. The van der Waals surface area contributed by atoms with Crippen LogP contribution in [-0.4, -0.2) is 6.61 Å². The third-order valence-corrected chi connectivity index (χ3v) is 1.96. The highest BCUT2D eigenvalue weighted by molar-refractivity contribution is 5.29. The van der Waals surface area contributed by atoms with E-state index in [1.54, 1.807) is 0 Å². The summed E-state index contributed by atoms with van der Waals surface area (Å²) in [4.78, 5) is 0. The Morgan fingerprint density at radius 2 is 2.17 bits per heavy atom. The highest BCUT2D eigenvalue weighted by Crippen LogP contribution is 2.40. The van der Waals surface area contributed by atoms with E-state index in [0.717, 1.165) is 18.6 Å². The summed E-state index contributed by atoms with van der Waals surface area (Å²) in [5.74, 6) is 0.910. The minimum Gasteiger partial charge on any atom is -0.497 e. The Morgan fingerprint density at radius 1 is 1.58 bits per heavy atom. The van der Waals surface area contributed by atoms with Crippen LogP contribution in [0.1, 0.15) is 33.6 Å². The van der Waals surface area contributed by atoms with E-state index in [1.165, 1.54) is 5.57 Å². The van der Waals surface area contributed by atoms with Crippen molar-refractivity contribution in [2.24, 2.45) is 5.41 Å². The van der Waals surface area contributed by atoms with Crippen LogP contribution in [-0.2, 0) is 4.74 Å². The van der Waals surface area contributed by atoms with Gasteiger partial charge in [0.25, 0.3) is 0 Å². The van der Waals surface area contributed by atoms with Crippen molar-refractivity contribution < 1.29 is 4.74 Å². The molecule has 0 saturated heterocycles. The van der Waals surface area contributed by atoms with Gasteiger partial charge in [0.1, 0.15) is 11.2 Å². The van der Waals surface area contributed by atoms with Crippen LogP contribution < -0.4 is 0 Å². The topological polar surface area (TPSA) is 33.0 Å². The number of nitrogens with zero attached hydrogens (tertiary/aromatic N) is 1. The third kappa shape index (κ3) is 1.79. The molecule has 0 aromatic heterocycles. The molecule has 12 heavy (non-hydrogen) atoms. The lowest BCUT2D eigenvalue weighted by molar-refractivity contribution is 0.177. The third-order valence-electron chi connectivity index (χ3n) is 1.96. The molecular weight excluding hydrogens is 150 g/mol. The van der Waals surface area contributed by atoms with Crippen molar-refractivity contribution >= 4 is 0 Å². The maximum absolute atomic E-state index is 8.90. The van der Waals surface area contributed by atoms with E-state index >= 15 is 0 Å². The van der Waals surface area contributed by atoms with Gasteiger partial charge in [0.15, 0.2) is 0 Å². The molecular formula is C10H15NO. The van der Waals surface area contributed by atoms with Gasteiger partial charge in [0, 0.05) is 0 Å². The van der Waals surface area contributed by atoms with Gasteiger partial charge >= 0.3 is 0 Å². The van der Waals surface area contributed by atoms with E-state index in [1.807, 2.05) is 20.8 Å². The van der Waals surface area contributed by atoms with Crippen LogP contribution in [0.4, 0.5) is 0 Å². The monoisotopic (exact) mass is 165 g/mol. The average molecular weight is 165 g/mol. The molecule has 0 N–H and O–H groups in total. The number of hydrogen-bond acceptors (Lipinski definition) is 2. The van der Waals surface area contributed by atoms with Gasteiger partial charge in [0.05, 0.1) is 12.7 Å². The number of ether oxygens (including phenoxy) is 1. The zero-order valence-corrected chi connectivity index (χ0v) is 7.98. The fourth-order valence-electron chi connectivity index (χ4n) is 1.21. The van der Waals surface area contributed by atoms with E-state index in [-0.39, 0.29) is 0 Å². The maximum atomic E-state index is 8.90. The molecule has 1 aliphatic rings. The first-order chi connectivity index (χ1) is 5.61. The predicted molar refractivity (Wildman–Crippen MR) is 47.3 cm³/mol. The molecule has 0 aliphatic heterocycles. The molecule has 2 nitrogen and oxygen atoms in total. The standard InChI is InChI=1S/C10H15NO/c1-4-12-9(8-5-6-8)10(2,3)7-11/h4-6H2,1-3H3. The van der Waals surface area contributed by atoms with Crippen molar-refractivity contribution in [2.45, 2.75) is 33.6 Å². The second kappa shape index (κ2) is 3.18. The van der Waals surface area contributed by atoms with Gasteiger partial charge < -0.3 is 4.74 Å². The van der Waals surface area contributed by atoms with Gasteiger partial charge in [-0.3, -0.25) is 0 Å². The zero-order chi connectivity index (χ0) is 9.19. The Labute approximate surface area is 73.8 Å². The Kier molecular flexibility index (Phi) is 2.42. The molecule has 0 aromatic carbocycles. The molecule has 0 aromatic rings. The zero-order valence-electron chi connectivity index (χ0n) is 7.98. The normalized spacial score (nSPS) is 15.3. The fraction of sp³-hybridized carbons (Fsp3) is 0.700. The van der Waals surface area contributed by atoms with Crippen molar-refractivity contribution in [1.29, 1.82) is 5.26 Å². The molecule has 1 fully saturated rings. The number of allylic oxidation sites excluding steroid dienone is 2. The number of nitriles is 1. The van der Waals surface area contributed by atoms with Crippen molar-refractivity contribution in [1.82, 2.24) is 0 Å². The number of hydrogen-bond donors (Lipinski definition) is 0. The molecule has 1 aliphatic carbocycles. The van der Waals surface area contributed by atoms with Crippen LogP contribution in [0.5, 0.6) is 0 Å². The summed E-state index contributed by atoms with van der Waals surface area (Å²) < 4.78 is 5.48. The molecule has 0 bridgehead atoms. The van der Waals surface area contributed by atoms with E-state index in [4.69, 9.17) is 10.00 Å². The quantitative estimate of drug-likeness (QED) is 0.602. The second-order valence-corrected chi connectivity index (χ2v) is 3.60. The van der Waals surface area contributed by atoms with Crippen LogP contribution in [0.2, 0.25) is 0 Å².